The summed E-state index contributed by atoms with van der Waals surface area (Å²) < 4.78 is 5.18. The molecule has 17 heavy (non-hydrogen) atoms. The van der Waals surface area contributed by atoms with Gasteiger partial charge in [-0.25, -0.2) is 0 Å². The summed E-state index contributed by atoms with van der Waals surface area (Å²) in [5.74, 6) is -0.975. The summed E-state index contributed by atoms with van der Waals surface area (Å²) in [7, 11) is 0. The maximum absolute atomic E-state index is 11.7. The highest BCUT2D eigenvalue weighted by Crippen LogP contribution is 2.30. The van der Waals surface area contributed by atoms with Gasteiger partial charge in [-0.3, -0.25) is 19.7 Å². The Kier molecular flexibility index (Phi) is 2.51. The van der Waals surface area contributed by atoms with E-state index >= 15 is 0 Å². The topological polar surface area (TPSA) is 113 Å². The summed E-state index contributed by atoms with van der Waals surface area (Å²) in [6.45, 7) is 0. The third-order valence-electron chi connectivity index (χ3n) is 2.43. The molecule has 0 aromatic heterocycles. The van der Waals surface area contributed by atoms with E-state index in [1.54, 1.807) is 0 Å². The van der Waals surface area contributed by atoms with Crippen LogP contribution in [0.3, 0.4) is 0 Å². The molecule has 0 fully saturated rings. The molecule has 1 atom stereocenters. The quantitative estimate of drug-likeness (QED) is 0.590. The number of nitrogens with two attached hydrogens (primary N) is 1. The van der Waals surface area contributed by atoms with E-state index in [2.05, 4.69) is 0 Å². The van der Waals surface area contributed by atoms with Gasteiger partial charge in [0.05, 0.1) is 16.9 Å². The number of benzene rings is 1. The maximum Gasteiger partial charge on any atom is 0.270 e. The van der Waals surface area contributed by atoms with Crippen molar-refractivity contribution in [2.75, 3.05) is 0 Å². The molecular weight excluding hydrogens is 228 g/mol. The van der Waals surface area contributed by atoms with Crippen LogP contribution in [0.15, 0.2) is 18.2 Å². The van der Waals surface area contributed by atoms with Gasteiger partial charge in [0.25, 0.3) is 11.6 Å². The lowest BCUT2D eigenvalue weighted by Crippen LogP contribution is -2.38. The summed E-state index contributed by atoms with van der Waals surface area (Å²) in [5.41, 5.74) is 4.95. The fourth-order valence-corrected chi connectivity index (χ4v) is 1.58. The van der Waals surface area contributed by atoms with Gasteiger partial charge in [-0.1, -0.05) is 0 Å². The Morgan fingerprint density at radius 2 is 2.24 bits per heavy atom. The maximum atomic E-state index is 11.7. The second-order valence-corrected chi connectivity index (χ2v) is 3.57. The minimum atomic E-state index is -1.00. The van der Waals surface area contributed by atoms with Gasteiger partial charge < -0.3 is 10.5 Å². The average Bonchev–Trinajstić information content (AvgIpc) is 2.28. The van der Waals surface area contributed by atoms with E-state index in [9.17, 15) is 19.7 Å². The van der Waals surface area contributed by atoms with Crippen LogP contribution in [0, 0.1) is 10.1 Å². The van der Waals surface area contributed by atoms with Crippen molar-refractivity contribution < 1.29 is 19.2 Å². The molecule has 0 saturated heterocycles. The number of fused-ring (bicyclic) bond motifs is 1. The number of carbonyl (C=O) groups excluding carboxylic acids is 2. The number of ether oxygens (including phenoxy) is 1. The Balaban J connectivity index is 2.42. The molecular formula is C10H8N2O5. The van der Waals surface area contributed by atoms with Crippen LogP contribution >= 0.6 is 0 Å². The average molecular weight is 236 g/mol. The van der Waals surface area contributed by atoms with Crippen molar-refractivity contribution in [3.8, 4) is 5.75 Å². The molecule has 1 aromatic carbocycles. The van der Waals surface area contributed by atoms with E-state index in [0.29, 0.717) is 0 Å². The standard InChI is InChI=1S/C10H8N2O5/c11-10(14)9-4-7(13)6-3-5(12(15)16)1-2-8(6)17-9/h1-3,9H,4H2,(H2,11,14). The zero-order valence-corrected chi connectivity index (χ0v) is 8.58. The number of nitro groups is 1. The van der Waals surface area contributed by atoms with Crippen molar-refractivity contribution >= 4 is 17.4 Å². The minimum Gasteiger partial charge on any atom is -0.479 e. The Labute approximate surface area is 95.3 Å². The molecule has 1 aliphatic rings. The first-order valence-electron chi connectivity index (χ1n) is 4.76. The number of amides is 1. The second-order valence-electron chi connectivity index (χ2n) is 3.57. The zero-order valence-electron chi connectivity index (χ0n) is 8.58. The number of hydrogen-bond acceptors (Lipinski definition) is 5. The van der Waals surface area contributed by atoms with E-state index in [-0.39, 0.29) is 23.4 Å². The summed E-state index contributed by atoms with van der Waals surface area (Å²) >= 11 is 0. The fourth-order valence-electron chi connectivity index (χ4n) is 1.58. The third-order valence-corrected chi connectivity index (χ3v) is 2.43. The highest BCUT2D eigenvalue weighted by molar-refractivity contribution is 6.03. The molecule has 0 aliphatic carbocycles. The van der Waals surface area contributed by atoms with Gasteiger partial charge in [0.15, 0.2) is 11.9 Å². The number of nitro benzene ring substituents is 1. The van der Waals surface area contributed by atoms with E-state index in [1.165, 1.54) is 12.1 Å². The molecule has 1 unspecified atom stereocenters. The third kappa shape index (κ3) is 1.94. The number of hydrogen-bond donors (Lipinski definition) is 1. The van der Waals surface area contributed by atoms with Crippen LogP contribution in [0.25, 0.3) is 0 Å². The molecule has 0 radical (unpaired) electrons. The van der Waals surface area contributed by atoms with Gasteiger partial charge in [-0.2, -0.15) is 0 Å². The monoisotopic (exact) mass is 236 g/mol. The Morgan fingerprint density at radius 1 is 1.53 bits per heavy atom. The zero-order chi connectivity index (χ0) is 12.6. The highest BCUT2D eigenvalue weighted by Gasteiger charge is 2.31. The smallest absolute Gasteiger partial charge is 0.270 e. The summed E-state index contributed by atoms with van der Waals surface area (Å²) in [6, 6.07) is 3.63. The second kappa shape index (κ2) is 3.85. The van der Waals surface area contributed by atoms with Gasteiger partial charge in [-0.05, 0) is 6.07 Å². The lowest BCUT2D eigenvalue weighted by Gasteiger charge is -2.22. The van der Waals surface area contributed by atoms with Crippen molar-refractivity contribution in [2.45, 2.75) is 12.5 Å². The number of carbonyl (C=O) groups is 2. The summed E-state index contributed by atoms with van der Waals surface area (Å²) in [6.07, 6.45) is -1.19. The van der Waals surface area contributed by atoms with Gasteiger partial charge in [-0.15, -0.1) is 0 Å². The van der Waals surface area contributed by atoms with Crippen molar-refractivity contribution in [3.63, 3.8) is 0 Å². The van der Waals surface area contributed by atoms with Gasteiger partial charge in [0.1, 0.15) is 5.75 Å². The Morgan fingerprint density at radius 3 is 2.82 bits per heavy atom. The van der Waals surface area contributed by atoms with E-state index < -0.39 is 22.7 Å². The number of nitrogens with zero attached hydrogens (tertiary/aromatic N) is 1. The molecule has 0 saturated carbocycles. The van der Waals surface area contributed by atoms with Crippen LogP contribution in [-0.4, -0.2) is 22.7 Å². The first-order chi connectivity index (χ1) is 7.99. The summed E-state index contributed by atoms with van der Waals surface area (Å²) in [5, 5.41) is 10.5. The Hall–Kier alpha value is -2.44. The molecule has 7 heteroatoms. The predicted octanol–water partition coefficient (Wildman–Crippen LogP) is 0.414. The Bertz CT molecular complexity index is 525. The first-order valence-corrected chi connectivity index (χ1v) is 4.76. The van der Waals surface area contributed by atoms with Crippen LogP contribution in [-0.2, 0) is 4.79 Å². The molecule has 1 aliphatic heterocycles. The number of primary amides is 1. The van der Waals surface area contributed by atoms with E-state index in [1.807, 2.05) is 0 Å². The van der Waals surface area contributed by atoms with Crippen LogP contribution in [0.5, 0.6) is 5.75 Å². The van der Waals surface area contributed by atoms with Crippen LogP contribution in [0.2, 0.25) is 0 Å². The minimum absolute atomic E-state index is 0.108. The molecule has 0 spiro atoms. The van der Waals surface area contributed by atoms with E-state index in [4.69, 9.17) is 10.5 Å². The molecule has 88 valence electrons. The number of rotatable bonds is 2. The molecule has 0 bridgehead atoms. The normalized spacial score (nSPS) is 18.1. The van der Waals surface area contributed by atoms with Crippen molar-refractivity contribution in [2.24, 2.45) is 5.73 Å². The van der Waals surface area contributed by atoms with Crippen molar-refractivity contribution in [3.05, 3.63) is 33.9 Å². The van der Waals surface area contributed by atoms with Crippen molar-refractivity contribution in [1.82, 2.24) is 0 Å². The molecule has 2 rings (SSSR count). The first kappa shape index (κ1) is 11.1. The SMILES string of the molecule is NC(=O)C1CC(=O)c2cc([N+](=O)[O-])ccc2O1. The number of ketones is 1. The van der Waals surface area contributed by atoms with Gasteiger partial charge in [0.2, 0.25) is 0 Å². The fraction of sp³-hybridized carbons (Fsp3) is 0.200. The van der Waals surface area contributed by atoms with Crippen molar-refractivity contribution in [1.29, 1.82) is 0 Å². The molecule has 1 amide bonds. The largest absolute Gasteiger partial charge is 0.479 e. The summed E-state index contributed by atoms with van der Waals surface area (Å²) in [4.78, 5) is 32.5. The van der Waals surface area contributed by atoms with Gasteiger partial charge >= 0.3 is 0 Å². The lowest BCUT2D eigenvalue weighted by molar-refractivity contribution is -0.384. The van der Waals surface area contributed by atoms with E-state index in [0.717, 1.165) is 6.07 Å². The van der Waals surface area contributed by atoms with Crippen LogP contribution in [0.1, 0.15) is 16.8 Å². The van der Waals surface area contributed by atoms with Crippen LogP contribution < -0.4 is 10.5 Å². The highest BCUT2D eigenvalue weighted by atomic mass is 16.6. The number of non-ortho nitro benzene ring substituents is 1. The molecule has 1 aromatic rings. The van der Waals surface area contributed by atoms with Crippen LogP contribution in [0.4, 0.5) is 5.69 Å². The predicted molar refractivity (Wildman–Crippen MR) is 55.7 cm³/mol. The molecule has 1 heterocycles. The molecule has 2 N–H and O–H groups in total. The number of Topliss-reactive ketones (excluding diaryl/α,β-unsaturated/α-hetero) is 1. The lowest BCUT2D eigenvalue weighted by atomic mass is 10.00. The van der Waals surface area contributed by atoms with Gasteiger partial charge in [0, 0.05) is 12.1 Å². The molecule has 7 nitrogen and oxygen atoms in total.